The number of aromatic nitrogens is 2. The van der Waals surface area contributed by atoms with Gasteiger partial charge in [0.15, 0.2) is 0 Å². The first-order chi connectivity index (χ1) is 12.9. The molecule has 5 nitrogen and oxygen atoms in total. The highest BCUT2D eigenvalue weighted by molar-refractivity contribution is 7.13. The normalized spacial score (nSPS) is 16.2. The van der Waals surface area contributed by atoms with Crippen molar-refractivity contribution in [1.29, 1.82) is 0 Å². The minimum Gasteiger partial charge on any atom is -0.468 e. The Bertz CT molecular complexity index is 779. The molecule has 0 saturated carbocycles. The number of hydrogen-bond acceptors (Lipinski definition) is 6. The Morgan fingerprint density at radius 1 is 1.19 bits per heavy atom. The van der Waals surface area contributed by atoms with Gasteiger partial charge in [0.25, 0.3) is 0 Å². The van der Waals surface area contributed by atoms with Crippen LogP contribution >= 0.6 is 11.3 Å². The molecular weight excluding hydrogens is 344 g/mol. The summed E-state index contributed by atoms with van der Waals surface area (Å²) in [7, 11) is 0. The molecule has 3 aromatic heterocycles. The van der Waals surface area contributed by atoms with E-state index >= 15 is 0 Å². The highest BCUT2D eigenvalue weighted by atomic mass is 32.1. The Labute approximate surface area is 158 Å². The average molecular weight is 369 g/mol. The monoisotopic (exact) mass is 368 g/mol. The van der Waals surface area contributed by atoms with Crippen LogP contribution in [0.15, 0.2) is 52.7 Å². The number of piperidine rings is 1. The summed E-state index contributed by atoms with van der Waals surface area (Å²) < 4.78 is 5.44. The molecule has 0 radical (unpaired) electrons. The Hall–Kier alpha value is -2.02. The van der Waals surface area contributed by atoms with Crippen molar-refractivity contribution < 1.29 is 4.42 Å². The maximum absolute atomic E-state index is 5.44. The molecule has 26 heavy (non-hydrogen) atoms. The lowest BCUT2D eigenvalue weighted by atomic mass is 10.0. The molecule has 1 fully saturated rings. The maximum Gasteiger partial charge on any atom is 0.123 e. The first-order valence-corrected chi connectivity index (χ1v) is 10.1. The topological polar surface area (TPSA) is 54.2 Å². The summed E-state index contributed by atoms with van der Waals surface area (Å²) in [5.74, 6) is 1.06. The molecule has 0 amide bonds. The van der Waals surface area contributed by atoms with E-state index in [4.69, 9.17) is 9.40 Å². The smallest absolute Gasteiger partial charge is 0.123 e. The molecule has 0 aromatic carbocycles. The van der Waals surface area contributed by atoms with E-state index in [0.717, 1.165) is 48.9 Å². The van der Waals surface area contributed by atoms with Gasteiger partial charge >= 0.3 is 0 Å². The highest BCUT2D eigenvalue weighted by Crippen LogP contribution is 2.23. The molecule has 0 unspecified atom stereocenters. The summed E-state index contributed by atoms with van der Waals surface area (Å²) in [6, 6.07) is 8.65. The van der Waals surface area contributed by atoms with E-state index in [1.165, 1.54) is 18.5 Å². The fourth-order valence-corrected chi connectivity index (χ4v) is 4.23. The van der Waals surface area contributed by atoms with Crippen molar-refractivity contribution in [1.82, 2.24) is 20.2 Å². The summed E-state index contributed by atoms with van der Waals surface area (Å²) in [6.07, 6.45) is 8.75. The van der Waals surface area contributed by atoms with Crippen LogP contribution in [-0.4, -0.2) is 40.5 Å². The van der Waals surface area contributed by atoms with Gasteiger partial charge in [-0.05, 0) is 37.1 Å². The highest BCUT2D eigenvalue weighted by Gasteiger charge is 2.19. The summed E-state index contributed by atoms with van der Waals surface area (Å²) in [4.78, 5) is 11.3. The van der Waals surface area contributed by atoms with Crippen LogP contribution in [0.3, 0.4) is 0 Å². The van der Waals surface area contributed by atoms with Crippen LogP contribution in [0.4, 0.5) is 0 Å². The van der Waals surface area contributed by atoms with Gasteiger partial charge in [0.2, 0.25) is 0 Å². The van der Waals surface area contributed by atoms with Gasteiger partial charge in [0.1, 0.15) is 10.8 Å². The van der Waals surface area contributed by atoms with Crippen molar-refractivity contribution in [3.63, 3.8) is 0 Å². The van der Waals surface area contributed by atoms with E-state index < -0.39 is 0 Å². The fourth-order valence-electron chi connectivity index (χ4n) is 3.37. The molecule has 136 valence electrons. The zero-order valence-electron chi connectivity index (χ0n) is 14.8. The predicted octanol–water partition coefficient (Wildman–Crippen LogP) is 3.59. The molecule has 1 N–H and O–H groups in total. The number of pyridine rings is 1. The SMILES string of the molecule is c1coc(CN2CCC(NCCc3csc(-c4ccncc4)n3)CC2)c1. The number of nitrogens with zero attached hydrogens (tertiary/aromatic N) is 3. The fraction of sp³-hybridized carbons (Fsp3) is 0.400. The number of rotatable bonds is 7. The third-order valence-electron chi connectivity index (χ3n) is 4.84. The number of nitrogens with one attached hydrogen (secondary N) is 1. The molecule has 3 aromatic rings. The molecule has 0 atom stereocenters. The number of furan rings is 1. The summed E-state index contributed by atoms with van der Waals surface area (Å²) in [5.41, 5.74) is 2.32. The molecule has 0 bridgehead atoms. The molecule has 1 aliphatic rings. The van der Waals surface area contributed by atoms with Gasteiger partial charge in [-0.2, -0.15) is 0 Å². The van der Waals surface area contributed by atoms with E-state index in [-0.39, 0.29) is 0 Å². The van der Waals surface area contributed by atoms with Crippen LogP contribution in [0.2, 0.25) is 0 Å². The zero-order valence-corrected chi connectivity index (χ0v) is 15.6. The minimum atomic E-state index is 0.612. The van der Waals surface area contributed by atoms with Crippen molar-refractivity contribution in [2.45, 2.75) is 31.8 Å². The Balaban J connectivity index is 1.18. The van der Waals surface area contributed by atoms with Crippen LogP contribution in [-0.2, 0) is 13.0 Å². The second-order valence-corrected chi connectivity index (χ2v) is 7.57. The second kappa shape index (κ2) is 8.58. The van der Waals surface area contributed by atoms with Crippen molar-refractivity contribution in [2.75, 3.05) is 19.6 Å². The van der Waals surface area contributed by atoms with Crippen LogP contribution in [0.1, 0.15) is 24.3 Å². The van der Waals surface area contributed by atoms with Crippen LogP contribution in [0.5, 0.6) is 0 Å². The zero-order chi connectivity index (χ0) is 17.6. The van der Waals surface area contributed by atoms with Gasteiger partial charge < -0.3 is 9.73 Å². The molecule has 4 rings (SSSR count). The Kier molecular flexibility index (Phi) is 5.74. The van der Waals surface area contributed by atoms with Crippen molar-refractivity contribution in [3.05, 3.63) is 59.8 Å². The van der Waals surface area contributed by atoms with E-state index in [2.05, 4.69) is 26.6 Å². The maximum atomic E-state index is 5.44. The molecule has 1 saturated heterocycles. The first kappa shape index (κ1) is 17.4. The standard InChI is InChI=1S/C20H24N4OS/c1-2-19(25-13-1)14-24-11-6-17(7-12-24)22-10-5-18-15-26-20(23-18)16-3-8-21-9-4-16/h1-4,8-9,13,15,17,22H,5-7,10-12,14H2. The largest absolute Gasteiger partial charge is 0.468 e. The molecular formula is C20H24N4OS. The van der Waals surface area contributed by atoms with Gasteiger partial charge in [-0.1, -0.05) is 0 Å². The summed E-state index contributed by atoms with van der Waals surface area (Å²) >= 11 is 1.71. The quantitative estimate of drug-likeness (QED) is 0.691. The third kappa shape index (κ3) is 4.58. The van der Waals surface area contributed by atoms with Gasteiger partial charge in [-0.3, -0.25) is 9.88 Å². The lowest BCUT2D eigenvalue weighted by Crippen LogP contribution is -2.42. The van der Waals surface area contributed by atoms with Crippen LogP contribution in [0.25, 0.3) is 10.6 Å². The van der Waals surface area contributed by atoms with E-state index in [1.54, 1.807) is 17.6 Å². The second-order valence-electron chi connectivity index (χ2n) is 6.71. The van der Waals surface area contributed by atoms with Crippen molar-refractivity contribution >= 4 is 11.3 Å². The molecule has 6 heteroatoms. The number of thiazole rings is 1. The lowest BCUT2D eigenvalue weighted by molar-refractivity contribution is 0.179. The molecule has 0 aliphatic carbocycles. The van der Waals surface area contributed by atoms with E-state index in [9.17, 15) is 0 Å². The van der Waals surface area contributed by atoms with Crippen molar-refractivity contribution in [3.8, 4) is 10.6 Å². The van der Waals surface area contributed by atoms with Crippen molar-refractivity contribution in [2.24, 2.45) is 0 Å². The molecule has 0 spiro atoms. The summed E-state index contributed by atoms with van der Waals surface area (Å²) in [5, 5.41) is 6.95. The van der Waals surface area contributed by atoms with E-state index in [1.807, 2.05) is 30.6 Å². The average Bonchev–Trinajstić information content (AvgIpc) is 3.36. The number of likely N-dealkylation sites (tertiary alicyclic amines) is 1. The van der Waals surface area contributed by atoms with E-state index in [0.29, 0.717) is 6.04 Å². The Morgan fingerprint density at radius 3 is 2.81 bits per heavy atom. The summed E-state index contributed by atoms with van der Waals surface area (Å²) in [6.45, 7) is 4.17. The molecule has 4 heterocycles. The number of hydrogen-bond donors (Lipinski definition) is 1. The third-order valence-corrected chi connectivity index (χ3v) is 5.78. The van der Waals surface area contributed by atoms with Gasteiger partial charge in [-0.25, -0.2) is 4.98 Å². The Morgan fingerprint density at radius 2 is 2.04 bits per heavy atom. The van der Waals surface area contributed by atoms with Gasteiger partial charge in [0, 0.05) is 55.4 Å². The minimum absolute atomic E-state index is 0.612. The predicted molar refractivity (Wildman–Crippen MR) is 104 cm³/mol. The van der Waals surface area contributed by atoms with Crippen LogP contribution < -0.4 is 5.32 Å². The molecule has 1 aliphatic heterocycles. The van der Waals surface area contributed by atoms with Gasteiger partial charge in [0.05, 0.1) is 18.5 Å². The van der Waals surface area contributed by atoms with Crippen LogP contribution in [0, 0.1) is 0 Å². The first-order valence-electron chi connectivity index (χ1n) is 9.20. The lowest BCUT2D eigenvalue weighted by Gasteiger charge is -2.31. The van der Waals surface area contributed by atoms with Gasteiger partial charge in [-0.15, -0.1) is 11.3 Å².